The van der Waals surface area contributed by atoms with E-state index in [2.05, 4.69) is 22.0 Å². The lowest BCUT2D eigenvalue weighted by molar-refractivity contribution is -0.384. The normalized spacial score (nSPS) is 20.6. The van der Waals surface area contributed by atoms with Crippen LogP contribution in [0.2, 0.25) is 0 Å². The van der Waals surface area contributed by atoms with Gasteiger partial charge in [-0.15, -0.1) is 10.2 Å². The minimum atomic E-state index is -3.70. The molecule has 0 N–H and O–H groups in total. The van der Waals surface area contributed by atoms with Crippen LogP contribution in [0.15, 0.2) is 41.3 Å². The van der Waals surface area contributed by atoms with E-state index in [-0.39, 0.29) is 10.6 Å². The topological polar surface area (TPSA) is 113 Å². The summed E-state index contributed by atoms with van der Waals surface area (Å²) < 4.78 is 27.1. The molecule has 2 aliphatic rings. The van der Waals surface area contributed by atoms with Crippen LogP contribution in [0.3, 0.4) is 0 Å². The fourth-order valence-electron chi connectivity index (χ4n) is 4.12. The third-order valence-electron chi connectivity index (χ3n) is 5.98. The van der Waals surface area contributed by atoms with Crippen molar-refractivity contribution in [3.8, 4) is 0 Å². The van der Waals surface area contributed by atoms with Gasteiger partial charge in [-0.05, 0) is 50.5 Å². The van der Waals surface area contributed by atoms with Gasteiger partial charge in [0.2, 0.25) is 10.0 Å². The number of anilines is 2. The quantitative estimate of drug-likeness (QED) is 0.508. The number of sulfonamides is 1. The van der Waals surface area contributed by atoms with Gasteiger partial charge in [0.25, 0.3) is 5.69 Å². The average Bonchev–Trinajstić information content (AvgIpc) is 2.80. The number of rotatable bonds is 5. The number of hydrogen-bond acceptors (Lipinski definition) is 8. The highest BCUT2D eigenvalue weighted by Gasteiger charge is 2.29. The Kier molecular flexibility index (Phi) is 6.05. The van der Waals surface area contributed by atoms with Crippen LogP contribution in [0, 0.1) is 10.1 Å². The molecule has 3 heterocycles. The summed E-state index contributed by atoms with van der Waals surface area (Å²) in [5.74, 6) is 1.62. The third-order valence-corrected chi connectivity index (χ3v) is 7.89. The van der Waals surface area contributed by atoms with Gasteiger partial charge >= 0.3 is 0 Å². The van der Waals surface area contributed by atoms with E-state index in [0.717, 1.165) is 24.6 Å². The van der Waals surface area contributed by atoms with Crippen molar-refractivity contribution in [1.82, 2.24) is 14.5 Å². The molecule has 0 aliphatic carbocycles. The molecule has 2 saturated heterocycles. The van der Waals surface area contributed by atoms with Crippen molar-refractivity contribution in [3.63, 3.8) is 0 Å². The Morgan fingerprint density at radius 2 is 1.58 bits per heavy atom. The summed E-state index contributed by atoms with van der Waals surface area (Å²) in [5, 5.41) is 19.6. The molecule has 1 aromatic carbocycles. The smallest absolute Gasteiger partial charge is 0.269 e. The molecule has 2 aliphatic heterocycles. The predicted octanol–water partition coefficient (Wildman–Crippen LogP) is 2.27. The molecule has 0 radical (unpaired) electrons. The highest BCUT2D eigenvalue weighted by atomic mass is 32.2. The van der Waals surface area contributed by atoms with Gasteiger partial charge in [0.05, 0.1) is 9.82 Å². The number of non-ortho nitro benzene ring substituents is 1. The maximum Gasteiger partial charge on any atom is 0.269 e. The standard InChI is InChI=1S/C20H26N6O4S/c1-16-4-2-3-11-25(16)20-10-9-19(21-22-20)23-12-14-24(15-13-23)31(29,30)18-7-5-17(6-8-18)26(27)28/h5-10,16H,2-4,11-15H2,1H3/t16-/m1/s1. The first-order valence-electron chi connectivity index (χ1n) is 10.5. The summed E-state index contributed by atoms with van der Waals surface area (Å²) in [6.45, 7) is 4.83. The predicted molar refractivity (Wildman–Crippen MR) is 117 cm³/mol. The van der Waals surface area contributed by atoms with Crippen LogP contribution in [-0.2, 0) is 10.0 Å². The molecule has 31 heavy (non-hydrogen) atoms. The first-order chi connectivity index (χ1) is 14.9. The van der Waals surface area contributed by atoms with Gasteiger partial charge in [-0.25, -0.2) is 8.42 Å². The number of piperazine rings is 1. The minimum absolute atomic E-state index is 0.0614. The Morgan fingerprint density at radius 3 is 2.16 bits per heavy atom. The molecule has 2 fully saturated rings. The van der Waals surface area contributed by atoms with Gasteiger partial charge in [0.15, 0.2) is 11.6 Å². The van der Waals surface area contributed by atoms with E-state index in [0.29, 0.717) is 32.2 Å². The molecule has 1 aromatic heterocycles. The fraction of sp³-hybridized carbons (Fsp3) is 0.500. The molecular weight excluding hydrogens is 420 g/mol. The molecule has 11 heteroatoms. The highest BCUT2D eigenvalue weighted by Crippen LogP contribution is 2.25. The second-order valence-corrected chi connectivity index (χ2v) is 9.87. The van der Waals surface area contributed by atoms with Gasteiger partial charge in [-0.1, -0.05) is 0 Å². The zero-order valence-corrected chi connectivity index (χ0v) is 18.2. The number of benzene rings is 1. The summed E-state index contributed by atoms with van der Waals surface area (Å²) in [4.78, 5) is 14.6. The van der Waals surface area contributed by atoms with Crippen LogP contribution in [0.4, 0.5) is 17.3 Å². The molecule has 0 unspecified atom stereocenters. The van der Waals surface area contributed by atoms with Crippen molar-refractivity contribution in [2.24, 2.45) is 0 Å². The van der Waals surface area contributed by atoms with Crippen molar-refractivity contribution in [3.05, 3.63) is 46.5 Å². The maximum atomic E-state index is 12.9. The molecule has 2 aromatic rings. The zero-order valence-electron chi connectivity index (χ0n) is 17.4. The van der Waals surface area contributed by atoms with Gasteiger partial charge in [0, 0.05) is 50.9 Å². The Balaban J connectivity index is 1.39. The summed E-state index contributed by atoms with van der Waals surface area (Å²) in [6.07, 6.45) is 3.57. The lowest BCUT2D eigenvalue weighted by Crippen LogP contribution is -2.49. The summed E-state index contributed by atoms with van der Waals surface area (Å²) >= 11 is 0. The highest BCUT2D eigenvalue weighted by molar-refractivity contribution is 7.89. The summed E-state index contributed by atoms with van der Waals surface area (Å²) in [5.41, 5.74) is -0.135. The van der Waals surface area contributed by atoms with Crippen molar-refractivity contribution >= 4 is 27.3 Å². The van der Waals surface area contributed by atoms with E-state index in [1.165, 1.54) is 41.4 Å². The fourth-order valence-corrected chi connectivity index (χ4v) is 5.55. The van der Waals surface area contributed by atoms with Crippen molar-refractivity contribution in [2.45, 2.75) is 37.1 Å². The Bertz CT molecular complexity index is 1020. The van der Waals surface area contributed by atoms with Crippen LogP contribution >= 0.6 is 0 Å². The average molecular weight is 447 g/mol. The lowest BCUT2D eigenvalue weighted by atomic mass is 10.0. The van der Waals surface area contributed by atoms with E-state index in [9.17, 15) is 18.5 Å². The molecule has 166 valence electrons. The number of nitro groups is 1. The number of nitrogens with zero attached hydrogens (tertiary/aromatic N) is 6. The van der Waals surface area contributed by atoms with Crippen molar-refractivity contribution in [2.75, 3.05) is 42.5 Å². The number of aromatic nitrogens is 2. The SMILES string of the molecule is C[C@@H]1CCCCN1c1ccc(N2CCN(S(=O)(=O)c3ccc([N+](=O)[O-])cc3)CC2)nn1. The Labute approximate surface area is 181 Å². The number of nitro benzene ring substituents is 1. The first-order valence-corrected chi connectivity index (χ1v) is 11.9. The molecule has 0 saturated carbocycles. The van der Waals surface area contributed by atoms with Crippen molar-refractivity contribution in [1.29, 1.82) is 0 Å². The molecular formula is C20H26N6O4S. The van der Waals surface area contributed by atoms with Gasteiger partial charge < -0.3 is 9.80 Å². The molecule has 0 bridgehead atoms. The molecule has 0 spiro atoms. The lowest BCUT2D eigenvalue weighted by Gasteiger charge is -2.35. The Hall–Kier alpha value is -2.79. The van der Waals surface area contributed by atoms with Crippen LogP contribution in [0.1, 0.15) is 26.2 Å². The van der Waals surface area contributed by atoms with Crippen molar-refractivity contribution < 1.29 is 13.3 Å². The second kappa shape index (κ2) is 8.75. The number of piperidine rings is 1. The van der Waals surface area contributed by atoms with E-state index in [1.807, 2.05) is 17.0 Å². The maximum absolute atomic E-state index is 12.9. The Morgan fingerprint density at radius 1 is 0.935 bits per heavy atom. The van der Waals surface area contributed by atoms with Gasteiger partial charge in [0.1, 0.15) is 0 Å². The largest absolute Gasteiger partial charge is 0.352 e. The van der Waals surface area contributed by atoms with E-state index >= 15 is 0 Å². The molecule has 10 nitrogen and oxygen atoms in total. The van der Waals surface area contributed by atoms with E-state index in [1.54, 1.807) is 0 Å². The van der Waals surface area contributed by atoms with E-state index < -0.39 is 14.9 Å². The van der Waals surface area contributed by atoms with Crippen LogP contribution in [-0.4, -0.2) is 66.6 Å². The summed E-state index contributed by atoms with van der Waals surface area (Å²) in [6, 6.07) is 9.39. The second-order valence-electron chi connectivity index (χ2n) is 7.93. The van der Waals surface area contributed by atoms with E-state index in [4.69, 9.17) is 0 Å². The third kappa shape index (κ3) is 4.47. The zero-order chi connectivity index (χ0) is 22.0. The molecule has 0 amide bonds. The molecule has 1 atom stereocenters. The monoisotopic (exact) mass is 446 g/mol. The van der Waals surface area contributed by atoms with Crippen LogP contribution in [0.25, 0.3) is 0 Å². The summed E-state index contributed by atoms with van der Waals surface area (Å²) in [7, 11) is -3.70. The van der Waals surface area contributed by atoms with Crippen LogP contribution in [0.5, 0.6) is 0 Å². The van der Waals surface area contributed by atoms with Crippen LogP contribution < -0.4 is 9.80 Å². The number of hydrogen-bond donors (Lipinski definition) is 0. The first kappa shape index (κ1) is 21.4. The minimum Gasteiger partial charge on any atom is -0.352 e. The van der Waals surface area contributed by atoms with Gasteiger partial charge in [-0.2, -0.15) is 4.31 Å². The molecule has 4 rings (SSSR count). The van der Waals surface area contributed by atoms with Gasteiger partial charge in [-0.3, -0.25) is 10.1 Å².